The second-order valence-electron chi connectivity index (χ2n) is 7.63. The number of nitrogens with zero attached hydrogens (tertiary/aromatic N) is 3. The predicted octanol–water partition coefficient (Wildman–Crippen LogP) is 4.56. The van der Waals surface area contributed by atoms with Gasteiger partial charge in [-0.2, -0.15) is 4.98 Å². The van der Waals surface area contributed by atoms with Crippen LogP contribution in [0, 0.1) is 0 Å². The van der Waals surface area contributed by atoms with E-state index in [1.54, 1.807) is 18.3 Å². The Morgan fingerprint density at radius 1 is 1.27 bits per heavy atom. The van der Waals surface area contributed by atoms with Crippen LogP contribution in [0.25, 0.3) is 5.82 Å². The molecule has 0 aliphatic heterocycles. The normalized spacial score (nSPS) is 13.3. The van der Waals surface area contributed by atoms with Crippen molar-refractivity contribution in [1.29, 1.82) is 0 Å². The summed E-state index contributed by atoms with van der Waals surface area (Å²) in [5.74, 6) is 1.42. The van der Waals surface area contributed by atoms with Gasteiger partial charge in [0.05, 0.1) is 5.71 Å². The molecule has 158 valence electrons. The zero-order valence-corrected chi connectivity index (χ0v) is 18.3. The summed E-state index contributed by atoms with van der Waals surface area (Å²) in [6.07, 6.45) is 5.24. The Morgan fingerprint density at radius 2 is 1.93 bits per heavy atom. The predicted molar refractivity (Wildman–Crippen MR) is 124 cm³/mol. The van der Waals surface area contributed by atoms with Crippen molar-refractivity contribution >= 4 is 17.4 Å². The molecule has 0 saturated carbocycles. The maximum absolute atomic E-state index is 12.2. The van der Waals surface area contributed by atoms with Gasteiger partial charge in [0, 0.05) is 11.6 Å². The first-order chi connectivity index (χ1) is 14.1. The van der Waals surface area contributed by atoms with E-state index < -0.39 is 5.69 Å². The van der Waals surface area contributed by atoms with Crippen molar-refractivity contribution in [3.05, 3.63) is 88.7 Å². The molecule has 6 heteroatoms. The highest BCUT2D eigenvalue weighted by Crippen LogP contribution is 2.32. The molecule has 0 saturated heterocycles. The first kappa shape index (κ1) is 22.9. The maximum Gasteiger partial charge on any atom is 0.355 e. The van der Waals surface area contributed by atoms with Crippen LogP contribution in [-0.2, 0) is 10.2 Å². The Balaban J connectivity index is 2.26. The van der Waals surface area contributed by atoms with Gasteiger partial charge < -0.3 is 10.5 Å². The molecular weight excluding hydrogens is 376 g/mol. The summed E-state index contributed by atoms with van der Waals surface area (Å²) in [5, 5.41) is 0. The van der Waals surface area contributed by atoms with Crippen LogP contribution < -0.4 is 11.4 Å². The van der Waals surface area contributed by atoms with Gasteiger partial charge in [0.15, 0.2) is 0 Å². The summed E-state index contributed by atoms with van der Waals surface area (Å²) in [7, 11) is 0. The zero-order valence-electron chi connectivity index (χ0n) is 18.3. The number of nitrogens with two attached hydrogens (primary N) is 1. The first-order valence-corrected chi connectivity index (χ1v) is 9.77. The molecule has 0 unspecified atom stereocenters. The fourth-order valence-electron chi connectivity index (χ4n) is 3.00. The number of aromatic nitrogens is 2. The van der Waals surface area contributed by atoms with Crippen LogP contribution >= 0.6 is 0 Å². The summed E-state index contributed by atoms with van der Waals surface area (Å²) in [5.41, 5.74) is 7.42. The molecule has 0 spiro atoms. The van der Waals surface area contributed by atoms with Crippen molar-refractivity contribution in [1.82, 2.24) is 9.55 Å². The van der Waals surface area contributed by atoms with Crippen LogP contribution in [0.2, 0.25) is 0 Å². The van der Waals surface area contributed by atoms with Gasteiger partial charge in [-0.1, -0.05) is 42.5 Å². The summed E-state index contributed by atoms with van der Waals surface area (Å²) >= 11 is 0. The highest BCUT2D eigenvalue weighted by Gasteiger charge is 2.26. The van der Waals surface area contributed by atoms with Crippen molar-refractivity contribution in [2.24, 2.45) is 4.99 Å². The molecule has 0 aliphatic rings. The lowest BCUT2D eigenvalue weighted by atomic mass is 9.82. The highest BCUT2D eigenvalue weighted by molar-refractivity contribution is 5.87. The van der Waals surface area contributed by atoms with Gasteiger partial charge in [0.1, 0.15) is 24.0 Å². The molecule has 2 rings (SSSR count). The Kier molecular flexibility index (Phi) is 7.53. The highest BCUT2D eigenvalue weighted by atomic mass is 16.5. The van der Waals surface area contributed by atoms with E-state index in [4.69, 9.17) is 10.5 Å². The van der Waals surface area contributed by atoms with E-state index in [0.717, 1.165) is 16.9 Å². The number of hydrogen-bond acceptors (Lipinski definition) is 5. The Morgan fingerprint density at radius 3 is 2.50 bits per heavy atom. The third kappa shape index (κ3) is 5.80. The van der Waals surface area contributed by atoms with Crippen LogP contribution in [0.15, 0.2) is 82.4 Å². The first-order valence-electron chi connectivity index (χ1n) is 9.77. The van der Waals surface area contributed by atoms with Gasteiger partial charge in [0.2, 0.25) is 0 Å². The third-order valence-electron chi connectivity index (χ3n) is 4.56. The molecule has 1 aromatic carbocycles. The van der Waals surface area contributed by atoms with E-state index in [2.05, 4.69) is 42.5 Å². The van der Waals surface area contributed by atoms with Crippen molar-refractivity contribution in [3.8, 4) is 0 Å². The van der Waals surface area contributed by atoms with Crippen molar-refractivity contribution in [2.45, 2.75) is 40.0 Å². The molecule has 30 heavy (non-hydrogen) atoms. The number of ether oxygens (including phenoxy) is 1. The third-order valence-corrected chi connectivity index (χ3v) is 4.56. The molecule has 0 atom stereocenters. The minimum atomic E-state index is -0.501. The van der Waals surface area contributed by atoms with Crippen LogP contribution in [0.4, 0.5) is 5.82 Å². The number of hydrogen-bond donors (Lipinski definition) is 1. The average molecular weight is 407 g/mol. The minimum absolute atomic E-state index is 0.163. The quantitative estimate of drug-likeness (QED) is 0.396. The van der Waals surface area contributed by atoms with Crippen LogP contribution in [-0.4, -0.2) is 21.9 Å². The Labute approximate surface area is 178 Å². The van der Waals surface area contributed by atoms with Crippen molar-refractivity contribution in [2.75, 3.05) is 12.3 Å². The zero-order chi connectivity index (χ0) is 22.3. The van der Waals surface area contributed by atoms with E-state index in [9.17, 15) is 4.79 Å². The largest absolute Gasteiger partial charge is 0.491 e. The molecule has 6 nitrogen and oxygen atoms in total. The van der Waals surface area contributed by atoms with Crippen LogP contribution in [0.1, 0.15) is 40.2 Å². The lowest BCUT2D eigenvalue weighted by Crippen LogP contribution is -2.24. The lowest BCUT2D eigenvalue weighted by molar-refractivity contribution is 0.208. The van der Waals surface area contributed by atoms with Gasteiger partial charge in [-0.25, -0.2) is 9.79 Å². The maximum atomic E-state index is 12.2. The van der Waals surface area contributed by atoms with Gasteiger partial charge in [-0.05, 0) is 58.4 Å². The summed E-state index contributed by atoms with van der Waals surface area (Å²) in [6.45, 7) is 14.0. The molecule has 0 fully saturated rings. The standard InChI is InChI=1S/C24H30N4O2/c1-7-20(24(5,6)19-11-9-8-10-12-19)30-16-18(4)26-22(15-17(2)3)28-14-13-21(25)27-23(28)29/h7-15H,2,16H2,1,3-6H3,(H2,25,27,29)/b20-7-,22-15+,26-18?. The SMILES string of the molecule is C=C(C)/C=C(\N=C(C)CO/C(=C\C)C(C)(C)c1ccccc1)n1ccc(N)nc1=O. The second kappa shape index (κ2) is 9.87. The number of allylic oxidation sites excluding steroid dienone is 4. The van der Waals surface area contributed by atoms with E-state index in [1.807, 2.05) is 45.0 Å². The van der Waals surface area contributed by atoms with E-state index >= 15 is 0 Å². The molecule has 0 radical (unpaired) electrons. The molecule has 1 heterocycles. The number of rotatable bonds is 8. The Hall–Kier alpha value is -3.41. The minimum Gasteiger partial charge on any atom is -0.491 e. The van der Waals surface area contributed by atoms with E-state index in [-0.39, 0.29) is 17.8 Å². The average Bonchev–Trinajstić information content (AvgIpc) is 2.68. The topological polar surface area (TPSA) is 82.5 Å². The number of nitrogen functional groups attached to an aromatic ring is 1. The van der Waals surface area contributed by atoms with Gasteiger partial charge in [-0.15, -0.1) is 0 Å². The van der Waals surface area contributed by atoms with E-state index in [1.165, 1.54) is 4.57 Å². The number of benzene rings is 1. The second-order valence-corrected chi connectivity index (χ2v) is 7.63. The van der Waals surface area contributed by atoms with Gasteiger partial charge in [-0.3, -0.25) is 4.57 Å². The van der Waals surface area contributed by atoms with Crippen molar-refractivity contribution in [3.63, 3.8) is 0 Å². The fourth-order valence-corrected chi connectivity index (χ4v) is 3.00. The molecule has 0 bridgehead atoms. The van der Waals surface area contributed by atoms with Crippen LogP contribution in [0.3, 0.4) is 0 Å². The summed E-state index contributed by atoms with van der Waals surface area (Å²) in [4.78, 5) is 20.6. The smallest absolute Gasteiger partial charge is 0.355 e. The molecule has 1 aromatic heterocycles. The van der Waals surface area contributed by atoms with Gasteiger partial charge in [0.25, 0.3) is 0 Å². The molecule has 0 amide bonds. The summed E-state index contributed by atoms with van der Waals surface area (Å²) < 4.78 is 7.45. The Bertz CT molecular complexity index is 1040. The van der Waals surface area contributed by atoms with Crippen LogP contribution in [0.5, 0.6) is 0 Å². The lowest BCUT2D eigenvalue weighted by Gasteiger charge is -2.28. The van der Waals surface area contributed by atoms with E-state index in [0.29, 0.717) is 11.5 Å². The molecule has 2 N–H and O–H groups in total. The number of anilines is 1. The molecular formula is C24H30N4O2. The molecule has 0 aliphatic carbocycles. The van der Waals surface area contributed by atoms with Crippen molar-refractivity contribution < 1.29 is 4.74 Å². The fraction of sp³-hybridized carbons (Fsp3) is 0.292. The molecule has 2 aromatic rings. The summed E-state index contributed by atoms with van der Waals surface area (Å²) in [6, 6.07) is 11.8. The van der Waals surface area contributed by atoms with Gasteiger partial charge >= 0.3 is 5.69 Å². The monoisotopic (exact) mass is 406 g/mol. The number of aliphatic imine (C=N–C) groups is 1.